The van der Waals surface area contributed by atoms with Crippen LogP contribution in [0.4, 0.5) is 5.69 Å². The molecule has 10 heteroatoms. The van der Waals surface area contributed by atoms with E-state index in [1.165, 1.54) is 19.2 Å². The highest BCUT2D eigenvalue weighted by Crippen LogP contribution is 2.39. The van der Waals surface area contributed by atoms with Crippen molar-refractivity contribution in [2.75, 3.05) is 13.7 Å². The molecule has 2 aromatic carbocycles. The van der Waals surface area contributed by atoms with Crippen LogP contribution in [0.15, 0.2) is 29.4 Å². The predicted molar refractivity (Wildman–Crippen MR) is 113 cm³/mol. The van der Waals surface area contributed by atoms with Crippen molar-refractivity contribution in [1.82, 2.24) is 5.43 Å². The lowest BCUT2D eigenvalue weighted by atomic mass is 10.1. The number of carbonyl (C=O) groups is 2. The Morgan fingerprint density at radius 2 is 1.81 bits per heavy atom. The van der Waals surface area contributed by atoms with Crippen LogP contribution >= 0.6 is 0 Å². The number of aryl methyl sites for hydroxylation is 2. The molecule has 0 aliphatic rings. The van der Waals surface area contributed by atoms with Crippen LogP contribution in [0.2, 0.25) is 0 Å². The predicted octanol–water partition coefficient (Wildman–Crippen LogP) is 2.98. The fourth-order valence-electron chi connectivity index (χ4n) is 2.78. The molecule has 0 unspecified atom stereocenters. The third kappa shape index (κ3) is 5.78. The summed E-state index contributed by atoms with van der Waals surface area (Å²) < 4.78 is 15.6. The van der Waals surface area contributed by atoms with Crippen molar-refractivity contribution in [2.24, 2.45) is 5.10 Å². The standard InChI is InChI=1S/C21H23N3O7/c1-12-6-7-13(2)20(14(12)3)30-11-18(26)23-22-10-16-8-9-17(31-15(4)25)21(29-5)19(16)24(27)28/h6-10H,11H2,1-5H3,(H,23,26)/b22-10+. The fraction of sp³-hybridized carbons (Fsp3) is 0.286. The molecular formula is C21H23N3O7. The highest BCUT2D eigenvalue weighted by atomic mass is 16.6. The van der Waals surface area contributed by atoms with Crippen LogP contribution < -0.4 is 19.6 Å². The molecule has 1 N–H and O–H groups in total. The molecule has 0 bridgehead atoms. The van der Waals surface area contributed by atoms with Crippen LogP contribution in [0.5, 0.6) is 17.2 Å². The van der Waals surface area contributed by atoms with Gasteiger partial charge < -0.3 is 14.2 Å². The Bertz CT molecular complexity index is 1050. The normalized spacial score (nSPS) is 10.6. The summed E-state index contributed by atoms with van der Waals surface area (Å²) in [7, 11) is 1.21. The van der Waals surface area contributed by atoms with Crippen molar-refractivity contribution in [2.45, 2.75) is 27.7 Å². The number of carbonyl (C=O) groups excluding carboxylic acids is 2. The van der Waals surface area contributed by atoms with Crippen molar-refractivity contribution in [3.63, 3.8) is 0 Å². The van der Waals surface area contributed by atoms with Gasteiger partial charge in [-0.25, -0.2) is 5.43 Å². The van der Waals surface area contributed by atoms with Crippen LogP contribution in [0.1, 0.15) is 29.2 Å². The number of ether oxygens (including phenoxy) is 3. The number of hydrogen-bond donors (Lipinski definition) is 1. The van der Waals surface area contributed by atoms with Crippen molar-refractivity contribution in [1.29, 1.82) is 0 Å². The van der Waals surface area contributed by atoms with Gasteiger partial charge >= 0.3 is 11.7 Å². The van der Waals surface area contributed by atoms with E-state index in [1.54, 1.807) is 0 Å². The maximum atomic E-state index is 12.1. The van der Waals surface area contributed by atoms with E-state index in [-0.39, 0.29) is 23.7 Å². The summed E-state index contributed by atoms with van der Waals surface area (Å²) in [6, 6.07) is 6.53. The van der Waals surface area contributed by atoms with Gasteiger partial charge in [-0.05, 0) is 49.6 Å². The zero-order valence-corrected chi connectivity index (χ0v) is 17.8. The summed E-state index contributed by atoms with van der Waals surface area (Å²) in [6.07, 6.45) is 1.10. The number of nitro benzene ring substituents is 1. The molecule has 0 saturated carbocycles. The first-order valence-corrected chi connectivity index (χ1v) is 9.21. The number of amides is 1. The summed E-state index contributed by atoms with van der Waals surface area (Å²) in [6.45, 7) is 6.61. The molecule has 0 heterocycles. The second-order valence-electron chi connectivity index (χ2n) is 6.62. The van der Waals surface area contributed by atoms with Crippen molar-refractivity contribution in [3.05, 3.63) is 56.6 Å². The Labute approximate surface area is 179 Å². The SMILES string of the molecule is COc1c(OC(C)=O)ccc(/C=N/NC(=O)COc2c(C)ccc(C)c2C)c1[N+](=O)[O-]. The first kappa shape index (κ1) is 23.3. The van der Waals surface area contributed by atoms with Crippen LogP contribution in [0.25, 0.3) is 0 Å². The Balaban J connectivity index is 2.13. The molecule has 0 spiro atoms. The minimum atomic E-state index is -0.693. The molecule has 2 rings (SSSR count). The minimum Gasteiger partial charge on any atom is -0.488 e. The molecule has 0 aromatic heterocycles. The first-order chi connectivity index (χ1) is 14.6. The van der Waals surface area contributed by atoms with Gasteiger partial charge in [-0.3, -0.25) is 19.7 Å². The van der Waals surface area contributed by atoms with Gasteiger partial charge in [-0.15, -0.1) is 0 Å². The molecule has 164 valence electrons. The summed E-state index contributed by atoms with van der Waals surface area (Å²) in [4.78, 5) is 34.1. The van der Waals surface area contributed by atoms with Gasteiger partial charge in [0.25, 0.3) is 5.91 Å². The molecule has 0 aliphatic carbocycles. The molecule has 2 aromatic rings. The molecule has 0 saturated heterocycles. The Hall–Kier alpha value is -3.95. The second kappa shape index (κ2) is 10.2. The molecule has 10 nitrogen and oxygen atoms in total. The van der Waals surface area contributed by atoms with E-state index in [1.807, 2.05) is 32.9 Å². The Morgan fingerprint density at radius 1 is 1.13 bits per heavy atom. The van der Waals surface area contributed by atoms with E-state index in [2.05, 4.69) is 10.5 Å². The van der Waals surface area contributed by atoms with E-state index < -0.39 is 22.5 Å². The van der Waals surface area contributed by atoms with E-state index in [9.17, 15) is 19.7 Å². The average Bonchev–Trinajstić information content (AvgIpc) is 2.70. The van der Waals surface area contributed by atoms with E-state index in [0.717, 1.165) is 29.8 Å². The molecule has 0 atom stereocenters. The third-order valence-electron chi connectivity index (χ3n) is 4.38. The first-order valence-electron chi connectivity index (χ1n) is 9.21. The molecule has 0 radical (unpaired) electrons. The van der Waals surface area contributed by atoms with Crippen LogP contribution in [0.3, 0.4) is 0 Å². The highest BCUT2D eigenvalue weighted by molar-refractivity contribution is 5.90. The lowest BCUT2D eigenvalue weighted by Gasteiger charge is -2.13. The van der Waals surface area contributed by atoms with Gasteiger partial charge in [0.15, 0.2) is 12.4 Å². The Morgan fingerprint density at radius 3 is 2.42 bits per heavy atom. The van der Waals surface area contributed by atoms with Crippen molar-refractivity contribution < 1.29 is 28.7 Å². The number of rotatable bonds is 8. The summed E-state index contributed by atoms with van der Waals surface area (Å²) in [5.41, 5.74) is 4.73. The van der Waals surface area contributed by atoms with Gasteiger partial charge in [-0.2, -0.15) is 5.10 Å². The molecule has 1 amide bonds. The largest absolute Gasteiger partial charge is 0.488 e. The van der Waals surface area contributed by atoms with Gasteiger partial charge in [-0.1, -0.05) is 12.1 Å². The summed E-state index contributed by atoms with van der Waals surface area (Å²) >= 11 is 0. The Kier molecular flexibility index (Phi) is 7.67. The number of nitrogens with one attached hydrogen (secondary N) is 1. The lowest BCUT2D eigenvalue weighted by molar-refractivity contribution is -0.385. The average molecular weight is 429 g/mol. The summed E-state index contributed by atoms with van der Waals surface area (Å²) in [5.74, 6) is -0.895. The van der Waals surface area contributed by atoms with E-state index >= 15 is 0 Å². The van der Waals surface area contributed by atoms with Crippen LogP contribution in [-0.2, 0) is 9.59 Å². The smallest absolute Gasteiger partial charge is 0.323 e. The number of nitro groups is 1. The molecule has 0 aliphatic heterocycles. The van der Waals surface area contributed by atoms with Gasteiger partial charge in [0.1, 0.15) is 5.75 Å². The quantitative estimate of drug-likeness (QED) is 0.224. The number of esters is 1. The van der Waals surface area contributed by atoms with Crippen LogP contribution in [0, 0.1) is 30.9 Å². The molecule has 31 heavy (non-hydrogen) atoms. The number of methoxy groups -OCH3 is 1. The molecular weight excluding hydrogens is 406 g/mol. The number of nitrogens with zero attached hydrogens (tertiary/aromatic N) is 2. The lowest BCUT2D eigenvalue weighted by Crippen LogP contribution is -2.25. The number of hydrogen-bond acceptors (Lipinski definition) is 8. The van der Waals surface area contributed by atoms with Gasteiger partial charge in [0.05, 0.1) is 23.8 Å². The topological polar surface area (TPSA) is 129 Å². The zero-order chi connectivity index (χ0) is 23.1. The van der Waals surface area contributed by atoms with E-state index in [0.29, 0.717) is 5.75 Å². The summed E-state index contributed by atoms with van der Waals surface area (Å²) in [5, 5.41) is 15.3. The zero-order valence-electron chi connectivity index (χ0n) is 17.8. The van der Waals surface area contributed by atoms with Crippen molar-refractivity contribution >= 4 is 23.8 Å². The highest BCUT2D eigenvalue weighted by Gasteiger charge is 2.25. The maximum Gasteiger partial charge on any atom is 0.323 e. The van der Waals surface area contributed by atoms with Gasteiger partial charge in [0.2, 0.25) is 5.75 Å². The number of benzene rings is 2. The van der Waals surface area contributed by atoms with Crippen molar-refractivity contribution in [3.8, 4) is 17.2 Å². The van der Waals surface area contributed by atoms with Crippen LogP contribution in [-0.4, -0.2) is 36.7 Å². The minimum absolute atomic E-state index is 0.0457. The van der Waals surface area contributed by atoms with Gasteiger partial charge in [0, 0.05) is 6.92 Å². The fourth-order valence-corrected chi connectivity index (χ4v) is 2.78. The molecule has 0 fully saturated rings. The third-order valence-corrected chi connectivity index (χ3v) is 4.38. The van der Waals surface area contributed by atoms with E-state index in [4.69, 9.17) is 14.2 Å². The second-order valence-corrected chi connectivity index (χ2v) is 6.62. The monoisotopic (exact) mass is 429 g/mol. The maximum absolute atomic E-state index is 12.1. The number of hydrazone groups is 1.